The van der Waals surface area contributed by atoms with Crippen LogP contribution < -0.4 is 16.4 Å². The zero-order chi connectivity index (χ0) is 27.6. The van der Waals surface area contributed by atoms with Gasteiger partial charge in [0.15, 0.2) is 0 Å². The molecule has 0 aromatic carbocycles. The van der Waals surface area contributed by atoms with Crippen LogP contribution in [0.15, 0.2) is 45.5 Å². The number of amides is 1. The molecule has 0 saturated heterocycles. The molecule has 4 atom stereocenters. The third kappa shape index (κ3) is 6.39. The fourth-order valence-corrected chi connectivity index (χ4v) is 5.47. The van der Waals surface area contributed by atoms with Gasteiger partial charge in [0.2, 0.25) is 11.4 Å². The maximum Gasteiger partial charge on any atom is 0.407 e. The number of carbonyl (C=O) groups is 1. The Hall–Kier alpha value is -3.93. The van der Waals surface area contributed by atoms with Crippen molar-refractivity contribution < 1.29 is 18.7 Å². The van der Waals surface area contributed by atoms with Gasteiger partial charge in [-0.25, -0.2) is 14.8 Å². The first kappa shape index (κ1) is 26.7. The van der Waals surface area contributed by atoms with E-state index in [1.807, 2.05) is 45.0 Å². The van der Waals surface area contributed by atoms with Gasteiger partial charge < -0.3 is 35.2 Å². The van der Waals surface area contributed by atoms with Crippen molar-refractivity contribution in [3.8, 4) is 0 Å². The minimum absolute atomic E-state index is 0.00695. The second-order valence-electron chi connectivity index (χ2n) is 11.2. The van der Waals surface area contributed by atoms with Crippen molar-refractivity contribution in [1.29, 1.82) is 0 Å². The van der Waals surface area contributed by atoms with Crippen LogP contribution in [0.4, 0.5) is 16.8 Å². The fraction of sp³-hybridized carbons (Fsp3) is 0.519. The molecule has 4 heterocycles. The smallest absolute Gasteiger partial charge is 0.407 e. The molecule has 0 aliphatic heterocycles. The summed E-state index contributed by atoms with van der Waals surface area (Å²) >= 11 is 0. The molecule has 2 saturated carbocycles. The first-order chi connectivity index (χ1) is 18.7. The monoisotopic (exact) mass is 536 g/mol. The molecule has 39 heavy (non-hydrogen) atoms. The minimum Gasteiger partial charge on any atom is -0.465 e. The van der Waals surface area contributed by atoms with Crippen molar-refractivity contribution in [1.82, 2.24) is 24.8 Å². The van der Waals surface area contributed by atoms with Gasteiger partial charge in [0.25, 0.3) is 12.0 Å². The molecule has 12 heteroatoms. The van der Waals surface area contributed by atoms with E-state index in [1.54, 1.807) is 17.3 Å². The summed E-state index contributed by atoms with van der Waals surface area (Å²) in [5.41, 5.74) is 8.02. The molecule has 2 fully saturated rings. The quantitative estimate of drug-likeness (QED) is 0.275. The lowest BCUT2D eigenvalue weighted by atomic mass is 10.0. The molecular formula is C27H36N8O4. The Morgan fingerprint density at radius 2 is 1.46 bits per heavy atom. The van der Waals surface area contributed by atoms with Gasteiger partial charge in [0, 0.05) is 42.1 Å². The normalized spacial score (nSPS) is 23.0. The molecule has 6 rings (SSSR count). The van der Waals surface area contributed by atoms with E-state index in [9.17, 15) is 9.90 Å². The van der Waals surface area contributed by atoms with Crippen LogP contribution in [0.5, 0.6) is 0 Å². The van der Waals surface area contributed by atoms with Crippen LogP contribution in [0.25, 0.3) is 22.5 Å². The topological polar surface area (TPSA) is 168 Å². The van der Waals surface area contributed by atoms with E-state index in [1.165, 1.54) is 0 Å². The van der Waals surface area contributed by atoms with Crippen LogP contribution in [0.1, 0.15) is 59.3 Å². The third-order valence-electron chi connectivity index (χ3n) is 7.16. The fourth-order valence-electron chi connectivity index (χ4n) is 5.47. The molecule has 1 amide bonds. The Bertz CT molecular complexity index is 1350. The highest BCUT2D eigenvalue weighted by Crippen LogP contribution is 2.31. The van der Waals surface area contributed by atoms with Crippen molar-refractivity contribution >= 4 is 40.6 Å². The first-order valence-electron chi connectivity index (χ1n) is 13.4. The maximum atomic E-state index is 11.6. The van der Waals surface area contributed by atoms with Crippen LogP contribution >= 0.6 is 0 Å². The molecule has 0 radical (unpaired) electrons. The number of nitrogens with one attached hydrogen (secondary N) is 2. The molecule has 4 aromatic heterocycles. The van der Waals surface area contributed by atoms with Crippen molar-refractivity contribution in [3.63, 3.8) is 0 Å². The summed E-state index contributed by atoms with van der Waals surface area (Å²) in [6, 6.07) is 9.23. The maximum absolute atomic E-state index is 11.6. The van der Waals surface area contributed by atoms with E-state index in [2.05, 4.69) is 30.6 Å². The summed E-state index contributed by atoms with van der Waals surface area (Å²) in [6.45, 7) is 5.77. The zero-order valence-electron chi connectivity index (χ0n) is 22.5. The largest absolute Gasteiger partial charge is 0.465 e. The van der Waals surface area contributed by atoms with Gasteiger partial charge in [0.1, 0.15) is 11.0 Å². The number of fused-ring (bicyclic) bond motifs is 2. The highest BCUT2D eigenvalue weighted by molar-refractivity contribution is 5.70. The van der Waals surface area contributed by atoms with Gasteiger partial charge in [-0.1, -0.05) is 0 Å². The van der Waals surface area contributed by atoms with Crippen molar-refractivity contribution in [2.75, 3.05) is 10.6 Å². The van der Waals surface area contributed by atoms with Gasteiger partial charge in [0.05, 0.1) is 0 Å². The number of hydrogen-bond donors (Lipinski definition) is 4. The molecule has 2 aliphatic carbocycles. The highest BCUT2D eigenvalue weighted by Gasteiger charge is 2.38. The number of nitrogens with two attached hydrogens (primary N) is 1. The number of rotatable bonds is 5. The number of nitrogens with zero attached hydrogens (tertiary/aromatic N) is 5. The lowest BCUT2D eigenvalue weighted by Gasteiger charge is -2.38. The lowest BCUT2D eigenvalue weighted by Crippen LogP contribution is -2.50. The third-order valence-corrected chi connectivity index (χ3v) is 7.16. The van der Waals surface area contributed by atoms with Crippen molar-refractivity contribution in [2.24, 2.45) is 5.73 Å². The molecule has 4 aromatic rings. The SMILES string of the molecule is CC(C)(C)N(C(=O)O)[C@H]1CC[C@H](Nc2nc3cccnc3o2)C1.N[C@H]1CC[C@H](Nc2nc3cccnc3o2)C1. The van der Waals surface area contributed by atoms with Crippen LogP contribution in [-0.2, 0) is 0 Å². The zero-order valence-corrected chi connectivity index (χ0v) is 22.5. The van der Waals surface area contributed by atoms with Crippen LogP contribution in [0.2, 0.25) is 0 Å². The molecule has 0 spiro atoms. The van der Waals surface area contributed by atoms with Crippen molar-refractivity contribution in [3.05, 3.63) is 36.7 Å². The van der Waals surface area contributed by atoms with E-state index in [0.717, 1.165) is 44.0 Å². The predicted molar refractivity (Wildman–Crippen MR) is 148 cm³/mol. The van der Waals surface area contributed by atoms with E-state index in [-0.39, 0.29) is 12.1 Å². The number of hydrogen-bond acceptors (Lipinski definition) is 10. The van der Waals surface area contributed by atoms with Crippen molar-refractivity contribution in [2.45, 2.75) is 89.0 Å². The van der Waals surface area contributed by atoms with Gasteiger partial charge in [-0.15, -0.1) is 0 Å². The molecule has 0 bridgehead atoms. The summed E-state index contributed by atoms with van der Waals surface area (Å²) in [6.07, 6.45) is 8.08. The Kier molecular flexibility index (Phi) is 7.56. The van der Waals surface area contributed by atoms with E-state index < -0.39 is 11.6 Å². The lowest BCUT2D eigenvalue weighted by molar-refractivity contribution is 0.0718. The predicted octanol–water partition coefficient (Wildman–Crippen LogP) is 4.85. The number of oxazole rings is 2. The minimum atomic E-state index is -0.866. The molecule has 5 N–H and O–H groups in total. The standard InChI is InChI=1S/C16H22N4O3.C11H14N4O/c1-16(2,3)20(15(21)22)11-7-6-10(9-11)18-14-19-12-5-4-8-17-13(12)23-14;12-7-3-4-8(6-7)14-11-15-9-2-1-5-13-10(9)16-11/h4-5,8,10-11H,6-7,9H2,1-3H3,(H,18,19)(H,21,22);1-2,5,7-8H,3-4,6,12H2,(H,14,15)/t10-,11-;7-,8-/m00/s1. The number of pyridine rings is 2. The molecule has 0 unspecified atom stereocenters. The van der Waals surface area contributed by atoms with E-state index in [0.29, 0.717) is 41.1 Å². The van der Waals surface area contributed by atoms with Gasteiger partial charge in [-0.2, -0.15) is 9.97 Å². The average molecular weight is 537 g/mol. The number of carboxylic acid groups (broad SMARTS) is 1. The summed E-state index contributed by atoms with van der Waals surface area (Å²) in [5, 5.41) is 16.0. The molecular weight excluding hydrogens is 500 g/mol. The Balaban J connectivity index is 0.000000168. The Labute approximate surface area is 226 Å². The second kappa shape index (κ2) is 11.0. The van der Waals surface area contributed by atoms with Gasteiger partial charge >= 0.3 is 6.09 Å². The average Bonchev–Trinajstić information content (AvgIpc) is 3.65. The summed E-state index contributed by atoms with van der Waals surface area (Å²) in [5.74, 6) is 0. The van der Waals surface area contributed by atoms with E-state index >= 15 is 0 Å². The Morgan fingerprint density at radius 3 is 1.92 bits per heavy atom. The molecule has 2 aliphatic rings. The molecule has 208 valence electrons. The summed E-state index contributed by atoms with van der Waals surface area (Å²) in [7, 11) is 0. The Morgan fingerprint density at radius 1 is 0.923 bits per heavy atom. The second-order valence-corrected chi connectivity index (χ2v) is 11.2. The van der Waals surface area contributed by atoms with Gasteiger partial charge in [-0.05, 0) is 83.6 Å². The van der Waals surface area contributed by atoms with Gasteiger partial charge in [-0.3, -0.25) is 0 Å². The van der Waals surface area contributed by atoms with E-state index in [4.69, 9.17) is 14.6 Å². The number of aromatic nitrogens is 4. The highest BCUT2D eigenvalue weighted by atomic mass is 16.4. The number of anilines is 2. The van der Waals surface area contributed by atoms with Crippen LogP contribution in [0, 0.1) is 0 Å². The van der Waals surface area contributed by atoms with Crippen LogP contribution in [-0.4, -0.2) is 65.7 Å². The summed E-state index contributed by atoms with van der Waals surface area (Å²) < 4.78 is 11.1. The van der Waals surface area contributed by atoms with Crippen LogP contribution in [0.3, 0.4) is 0 Å². The first-order valence-corrected chi connectivity index (χ1v) is 13.4. The molecule has 12 nitrogen and oxygen atoms in total. The summed E-state index contributed by atoms with van der Waals surface area (Å²) in [4.78, 5) is 30.0.